The Morgan fingerprint density at radius 3 is 2.60 bits per heavy atom. The molecule has 5 amide bonds. The Hall–Kier alpha value is -4.20. The summed E-state index contributed by atoms with van der Waals surface area (Å²) in [5, 5.41) is 16.6. The Kier molecular flexibility index (Phi) is 16.5. The molecule has 5 rings (SSSR count). The van der Waals surface area contributed by atoms with Crippen molar-refractivity contribution < 1.29 is 62.3 Å². The Morgan fingerprint density at radius 1 is 1.16 bits per heavy atom. The van der Waals surface area contributed by atoms with Gasteiger partial charge in [-0.15, -0.1) is 11.8 Å². The predicted octanol–water partition coefficient (Wildman–Crippen LogP) is 3.85. The molecule has 4 bridgehead atoms. The molecular formula is C43H59ClN4O13S. The molecule has 342 valence electrons. The number of benzene rings is 1. The summed E-state index contributed by atoms with van der Waals surface area (Å²) in [5.41, 5.74) is -0.994. The molecular weight excluding hydrogens is 848 g/mol. The summed E-state index contributed by atoms with van der Waals surface area (Å²) in [4.78, 5) is 80.5. The minimum absolute atomic E-state index is 0.0324. The lowest BCUT2D eigenvalue weighted by Gasteiger charge is -2.42. The number of hydrogen-bond donors (Lipinski definition) is 3. The monoisotopic (exact) mass is 906 g/mol. The van der Waals surface area contributed by atoms with Crippen LogP contribution in [0, 0.1) is 5.92 Å². The van der Waals surface area contributed by atoms with Gasteiger partial charge in [0.1, 0.15) is 34.7 Å². The Morgan fingerprint density at radius 2 is 1.90 bits per heavy atom. The number of imide groups is 1. The largest absolute Gasteiger partial charge is 0.495 e. The van der Waals surface area contributed by atoms with Gasteiger partial charge in [0.25, 0.3) is 0 Å². The number of nitrogens with one attached hydrogen (secondary N) is 2. The van der Waals surface area contributed by atoms with Crippen LogP contribution in [0.25, 0.3) is 0 Å². The number of carbonyl (C=O) groups excluding carboxylic acids is 6. The topological polar surface area (TPSA) is 212 Å². The number of fused-ring (bicyclic) bond motifs is 5. The van der Waals surface area contributed by atoms with Gasteiger partial charge in [-0.3, -0.25) is 29.4 Å². The lowest BCUT2D eigenvalue weighted by Crippen LogP contribution is -2.63. The lowest BCUT2D eigenvalue weighted by atomic mass is 9.83. The predicted molar refractivity (Wildman–Crippen MR) is 230 cm³/mol. The third-order valence-corrected chi connectivity index (χ3v) is 13.3. The molecule has 9 atom stereocenters. The van der Waals surface area contributed by atoms with E-state index in [1.807, 2.05) is 13.0 Å². The number of nitrogens with zero attached hydrogens (tertiary/aromatic N) is 2. The third-order valence-electron chi connectivity index (χ3n) is 11.7. The van der Waals surface area contributed by atoms with E-state index in [-0.39, 0.29) is 61.6 Å². The maximum atomic E-state index is 14.2. The average Bonchev–Trinajstić information content (AvgIpc) is 3.84. The van der Waals surface area contributed by atoms with Crippen LogP contribution in [-0.4, -0.2) is 140 Å². The molecule has 0 saturated carbocycles. The summed E-state index contributed by atoms with van der Waals surface area (Å²) >= 11 is 8.09. The van der Waals surface area contributed by atoms with Crippen molar-refractivity contribution in [3.63, 3.8) is 0 Å². The summed E-state index contributed by atoms with van der Waals surface area (Å²) < 4.78 is 35.1. The number of carbonyl (C=O) groups is 6. The summed E-state index contributed by atoms with van der Waals surface area (Å²) in [6.45, 7) is 9.35. The highest BCUT2D eigenvalue weighted by molar-refractivity contribution is 8.00. The first-order valence-electron chi connectivity index (χ1n) is 20.8. The molecule has 2 unspecified atom stereocenters. The molecule has 0 radical (unpaired) electrons. The zero-order chi connectivity index (χ0) is 45.5. The van der Waals surface area contributed by atoms with E-state index in [4.69, 9.17) is 40.0 Å². The summed E-state index contributed by atoms with van der Waals surface area (Å²) in [5.74, 6) is -1.79. The first kappa shape index (κ1) is 48.8. The summed E-state index contributed by atoms with van der Waals surface area (Å²) in [6, 6.07) is 3.57. The Bertz CT molecular complexity index is 1930. The van der Waals surface area contributed by atoms with Crippen LogP contribution in [0.2, 0.25) is 5.02 Å². The molecule has 0 aliphatic carbocycles. The van der Waals surface area contributed by atoms with E-state index in [0.29, 0.717) is 36.6 Å². The van der Waals surface area contributed by atoms with E-state index in [2.05, 4.69) is 10.6 Å². The van der Waals surface area contributed by atoms with Gasteiger partial charge in [0.2, 0.25) is 23.6 Å². The summed E-state index contributed by atoms with van der Waals surface area (Å²) in [7, 11) is 4.47. The second kappa shape index (κ2) is 21.0. The lowest BCUT2D eigenvalue weighted by molar-refractivity contribution is -0.165. The van der Waals surface area contributed by atoms with Gasteiger partial charge in [0.05, 0.1) is 30.6 Å². The Labute approximate surface area is 371 Å². The fourth-order valence-electron chi connectivity index (χ4n) is 7.97. The molecule has 1 aromatic rings. The van der Waals surface area contributed by atoms with Crippen molar-refractivity contribution in [3.8, 4) is 5.75 Å². The zero-order valence-electron chi connectivity index (χ0n) is 36.5. The quantitative estimate of drug-likeness (QED) is 0.105. The van der Waals surface area contributed by atoms with Crippen LogP contribution in [0.15, 0.2) is 35.9 Å². The highest BCUT2D eigenvalue weighted by Gasteiger charge is 2.64. The van der Waals surface area contributed by atoms with Gasteiger partial charge < -0.3 is 43.7 Å². The van der Waals surface area contributed by atoms with Crippen LogP contribution < -0.4 is 20.3 Å². The van der Waals surface area contributed by atoms with Crippen molar-refractivity contribution in [3.05, 3.63) is 46.5 Å². The first-order chi connectivity index (χ1) is 29.3. The van der Waals surface area contributed by atoms with Crippen LogP contribution in [0.3, 0.4) is 0 Å². The van der Waals surface area contributed by atoms with E-state index in [9.17, 15) is 33.9 Å². The molecule has 1 aromatic carbocycles. The minimum Gasteiger partial charge on any atom is -0.495 e. The maximum absolute atomic E-state index is 14.2. The number of ether oxygens (including phenoxy) is 6. The van der Waals surface area contributed by atoms with Crippen LogP contribution in [0.1, 0.15) is 72.3 Å². The molecule has 4 aliphatic heterocycles. The Balaban J connectivity index is 1.31. The normalized spacial score (nSPS) is 31.0. The molecule has 4 heterocycles. The van der Waals surface area contributed by atoms with Crippen LogP contribution in [0.5, 0.6) is 5.75 Å². The third kappa shape index (κ3) is 11.5. The van der Waals surface area contributed by atoms with Gasteiger partial charge >= 0.3 is 12.1 Å². The van der Waals surface area contributed by atoms with Gasteiger partial charge in [-0.1, -0.05) is 42.3 Å². The van der Waals surface area contributed by atoms with E-state index < -0.39 is 71.0 Å². The van der Waals surface area contributed by atoms with E-state index >= 15 is 0 Å². The first-order valence-corrected chi connectivity index (χ1v) is 22.2. The van der Waals surface area contributed by atoms with Crippen LogP contribution in [0.4, 0.5) is 10.5 Å². The van der Waals surface area contributed by atoms with Crippen molar-refractivity contribution in [1.29, 1.82) is 0 Å². The number of methoxy groups -OCH3 is 2. The van der Waals surface area contributed by atoms with Crippen molar-refractivity contribution in [2.45, 2.75) is 120 Å². The van der Waals surface area contributed by atoms with Crippen molar-refractivity contribution in [2.75, 3.05) is 51.6 Å². The SMILES string of the molecule is CCNC(=O)CCN1C(=O)CC(SCCCO[C@@H](C)C(=O)O[C@H]2CC(=O)N(C)c3cc(cc(OC)c3Cl)C/C(C)=C/C=C/[C@@H](OC)[C@@]3(O)CC(OC(=O)N3)[C@@H](C)[C@@H]3O[C@@]23C)C1=O. The molecule has 0 aromatic heterocycles. The van der Waals surface area contributed by atoms with Crippen molar-refractivity contribution in [1.82, 2.24) is 15.5 Å². The smallest absolute Gasteiger partial charge is 0.409 e. The molecule has 3 fully saturated rings. The highest BCUT2D eigenvalue weighted by atomic mass is 35.5. The fraction of sp³-hybridized carbons (Fsp3) is 0.628. The second-order valence-corrected chi connectivity index (χ2v) is 17.9. The zero-order valence-corrected chi connectivity index (χ0v) is 38.1. The molecule has 3 N–H and O–H groups in total. The van der Waals surface area contributed by atoms with Gasteiger partial charge in [-0.2, -0.15) is 0 Å². The average molecular weight is 907 g/mol. The van der Waals surface area contributed by atoms with Crippen molar-refractivity contribution in [2.24, 2.45) is 5.92 Å². The second-order valence-electron chi connectivity index (χ2n) is 16.2. The summed E-state index contributed by atoms with van der Waals surface area (Å²) in [6.07, 6.45) is 0.262. The van der Waals surface area contributed by atoms with E-state index in [0.717, 1.165) is 16.0 Å². The number of halogens is 1. The molecule has 19 heteroatoms. The number of likely N-dealkylation sites (tertiary alicyclic amines) is 1. The highest BCUT2D eigenvalue weighted by Crippen LogP contribution is 2.49. The van der Waals surface area contributed by atoms with Gasteiger partial charge in [-0.05, 0) is 64.0 Å². The molecule has 0 spiro atoms. The van der Waals surface area contributed by atoms with Crippen LogP contribution >= 0.6 is 23.4 Å². The minimum atomic E-state index is -1.85. The number of amides is 5. The number of hydrogen-bond acceptors (Lipinski definition) is 14. The van der Waals surface area contributed by atoms with Gasteiger partial charge in [0.15, 0.2) is 11.8 Å². The fourth-order valence-corrected chi connectivity index (χ4v) is 9.38. The van der Waals surface area contributed by atoms with E-state index in [1.54, 1.807) is 52.1 Å². The number of alkyl carbamates (subject to hydrolysis) is 1. The van der Waals surface area contributed by atoms with E-state index in [1.165, 1.54) is 37.8 Å². The number of rotatable bonds is 14. The number of esters is 1. The van der Waals surface area contributed by atoms with Crippen LogP contribution in [-0.2, 0) is 54.1 Å². The molecule has 17 nitrogen and oxygen atoms in total. The van der Waals surface area contributed by atoms with Gasteiger partial charge in [0, 0.05) is 59.0 Å². The number of thioether (sulfide) groups is 1. The molecule has 4 aliphatic rings. The molecule has 3 saturated heterocycles. The number of aliphatic hydroxyl groups is 1. The maximum Gasteiger partial charge on any atom is 0.409 e. The van der Waals surface area contributed by atoms with Gasteiger partial charge in [-0.25, -0.2) is 9.59 Å². The number of epoxide rings is 1. The standard InChI is InChI=1S/C43H59ClN4O13S/c1-9-45-34(49)14-15-48-36(51)21-31(39(48)52)62-17-11-16-58-26(4)40(53)60-33-22-35(50)47(6)28-19-27(20-29(56-7)37(28)44)18-24(2)12-10-13-32(57-8)43(55)23-30(59-41(54)46-43)25(3)38-42(33,5)61-38/h10,12-13,19-20,25-26,30-33,38,55H,9,11,14-18,21-23H2,1-8H3,(H,45,49)(H,46,54)/b13-10+,24-12+/t25-,26+,30?,31?,32-,33+,38+,42+,43+/m1/s1. The van der Waals surface area contributed by atoms with Crippen molar-refractivity contribution >= 4 is 64.7 Å². The number of allylic oxidation sites excluding steroid dienone is 3. The molecule has 62 heavy (non-hydrogen) atoms. The number of anilines is 1.